The Morgan fingerprint density at radius 2 is 2.12 bits per heavy atom. The van der Waals surface area contributed by atoms with Gasteiger partial charge in [0.2, 0.25) is 0 Å². The Morgan fingerprint density at radius 1 is 1.44 bits per heavy atom. The number of nitrogens with zero attached hydrogens (tertiary/aromatic N) is 2. The lowest BCUT2D eigenvalue weighted by Gasteiger charge is -1.98. The summed E-state index contributed by atoms with van der Waals surface area (Å²) in [6.45, 7) is 0. The topological polar surface area (TPSA) is 83.3 Å². The summed E-state index contributed by atoms with van der Waals surface area (Å²) in [5.41, 5.74) is 2.96. The van der Waals surface area contributed by atoms with Crippen LogP contribution in [0.4, 0.5) is 0 Å². The first-order chi connectivity index (χ1) is 7.76. The zero-order valence-electron chi connectivity index (χ0n) is 8.62. The number of benzene rings is 1. The average molecular weight is 221 g/mol. The van der Waals surface area contributed by atoms with Gasteiger partial charge in [-0.3, -0.25) is 4.79 Å². The average Bonchev–Trinajstić information content (AvgIpc) is 2.30. The highest BCUT2D eigenvalue weighted by molar-refractivity contribution is 6.26. The molecule has 0 bridgehead atoms. The Balaban J connectivity index is 2.52. The second-order valence-corrected chi connectivity index (χ2v) is 2.75. The molecule has 0 aliphatic rings. The van der Waals surface area contributed by atoms with E-state index in [1.165, 1.54) is 6.21 Å². The maximum atomic E-state index is 10.8. The predicted octanol–water partition coefficient (Wildman–Crippen LogP) is 0.605. The summed E-state index contributed by atoms with van der Waals surface area (Å²) in [5.74, 6) is 0.140. The van der Waals surface area contributed by atoms with Gasteiger partial charge in [-0.2, -0.15) is 5.10 Å². The van der Waals surface area contributed by atoms with Crippen molar-refractivity contribution in [2.75, 3.05) is 7.11 Å². The Morgan fingerprint density at radius 3 is 2.69 bits per heavy atom. The molecule has 0 saturated heterocycles. The molecule has 0 atom stereocenters. The number of nitrogens with one attached hydrogen (secondary N) is 1. The molecule has 1 rings (SSSR count). The SMILES string of the molecule is COc1ccc(/C=N/NC(=O)/C=N/O)cc1. The minimum Gasteiger partial charge on any atom is -0.497 e. The molecule has 2 N–H and O–H groups in total. The van der Waals surface area contributed by atoms with E-state index in [1.54, 1.807) is 31.4 Å². The van der Waals surface area contributed by atoms with Crippen LogP contribution in [-0.4, -0.2) is 30.7 Å². The van der Waals surface area contributed by atoms with Gasteiger partial charge < -0.3 is 9.94 Å². The molecule has 16 heavy (non-hydrogen) atoms. The zero-order valence-corrected chi connectivity index (χ0v) is 8.62. The van der Waals surface area contributed by atoms with Crippen LogP contribution >= 0.6 is 0 Å². The van der Waals surface area contributed by atoms with Crippen molar-refractivity contribution in [3.63, 3.8) is 0 Å². The maximum absolute atomic E-state index is 10.8. The predicted molar refractivity (Wildman–Crippen MR) is 59.0 cm³/mol. The summed E-state index contributed by atoms with van der Waals surface area (Å²) >= 11 is 0. The van der Waals surface area contributed by atoms with Crippen LogP contribution in [0.3, 0.4) is 0 Å². The maximum Gasteiger partial charge on any atom is 0.285 e. The monoisotopic (exact) mass is 221 g/mol. The van der Waals surface area contributed by atoms with E-state index in [0.717, 1.165) is 11.3 Å². The number of rotatable bonds is 4. The molecule has 84 valence electrons. The van der Waals surface area contributed by atoms with E-state index < -0.39 is 5.91 Å². The van der Waals surface area contributed by atoms with Crippen LogP contribution in [0.15, 0.2) is 34.5 Å². The first-order valence-corrected chi connectivity index (χ1v) is 4.41. The van der Waals surface area contributed by atoms with Gasteiger partial charge in [-0.05, 0) is 29.8 Å². The van der Waals surface area contributed by atoms with Crippen LogP contribution in [0.5, 0.6) is 5.75 Å². The van der Waals surface area contributed by atoms with Gasteiger partial charge in [-0.25, -0.2) is 5.43 Å². The molecule has 0 saturated carbocycles. The van der Waals surface area contributed by atoms with Crippen LogP contribution in [0.1, 0.15) is 5.56 Å². The molecule has 0 aliphatic carbocycles. The smallest absolute Gasteiger partial charge is 0.285 e. The number of methoxy groups -OCH3 is 1. The van der Waals surface area contributed by atoms with Crippen molar-refractivity contribution in [3.8, 4) is 5.75 Å². The Bertz CT molecular complexity index is 398. The van der Waals surface area contributed by atoms with Crippen LogP contribution in [0.25, 0.3) is 0 Å². The Kier molecular flexibility index (Phi) is 4.52. The summed E-state index contributed by atoms with van der Waals surface area (Å²) < 4.78 is 4.98. The molecular weight excluding hydrogens is 210 g/mol. The van der Waals surface area contributed by atoms with Gasteiger partial charge >= 0.3 is 0 Å². The van der Waals surface area contributed by atoms with E-state index in [9.17, 15) is 4.79 Å². The van der Waals surface area contributed by atoms with Crippen LogP contribution in [-0.2, 0) is 4.79 Å². The highest BCUT2D eigenvalue weighted by atomic mass is 16.5. The highest BCUT2D eigenvalue weighted by Gasteiger charge is 1.93. The quantitative estimate of drug-likeness (QED) is 0.443. The molecular formula is C10H11N3O3. The molecule has 0 heterocycles. The third-order valence-corrected chi connectivity index (χ3v) is 1.68. The summed E-state index contributed by atoms with van der Waals surface area (Å²) in [6.07, 6.45) is 2.17. The standard InChI is InChI=1S/C10H11N3O3/c1-16-9-4-2-8(3-5-9)6-11-13-10(14)7-12-15/h2-7,15H,1H3,(H,13,14)/b11-6+,12-7+. The lowest BCUT2D eigenvalue weighted by atomic mass is 10.2. The zero-order chi connectivity index (χ0) is 11.8. The van der Waals surface area contributed by atoms with E-state index >= 15 is 0 Å². The second kappa shape index (κ2) is 6.18. The molecule has 0 aromatic heterocycles. The molecule has 0 radical (unpaired) electrons. The highest BCUT2D eigenvalue weighted by Crippen LogP contribution is 2.09. The van der Waals surface area contributed by atoms with Crippen molar-refractivity contribution < 1.29 is 14.7 Å². The first-order valence-electron chi connectivity index (χ1n) is 4.41. The van der Waals surface area contributed by atoms with Crippen molar-refractivity contribution in [2.45, 2.75) is 0 Å². The van der Waals surface area contributed by atoms with Crippen LogP contribution in [0.2, 0.25) is 0 Å². The van der Waals surface area contributed by atoms with Crippen molar-refractivity contribution in [1.82, 2.24) is 5.43 Å². The summed E-state index contributed by atoms with van der Waals surface area (Å²) in [7, 11) is 1.58. The summed E-state index contributed by atoms with van der Waals surface area (Å²) in [6, 6.07) is 7.12. The Hall–Kier alpha value is -2.37. The minimum atomic E-state index is -0.604. The van der Waals surface area contributed by atoms with Gasteiger partial charge in [0, 0.05) is 0 Å². The van der Waals surface area contributed by atoms with Crippen molar-refractivity contribution >= 4 is 18.3 Å². The van der Waals surface area contributed by atoms with E-state index in [2.05, 4.69) is 15.7 Å². The van der Waals surface area contributed by atoms with Crippen LogP contribution in [0, 0.1) is 0 Å². The van der Waals surface area contributed by atoms with Gasteiger partial charge in [0.05, 0.1) is 13.3 Å². The molecule has 0 spiro atoms. The van der Waals surface area contributed by atoms with Crippen LogP contribution < -0.4 is 10.2 Å². The Labute approximate surface area is 92.2 Å². The number of oxime groups is 1. The lowest BCUT2D eigenvalue weighted by molar-refractivity contribution is -0.114. The van der Waals surface area contributed by atoms with Crippen molar-refractivity contribution in [1.29, 1.82) is 0 Å². The van der Waals surface area contributed by atoms with Gasteiger partial charge in [-0.15, -0.1) is 0 Å². The largest absolute Gasteiger partial charge is 0.497 e. The molecule has 0 unspecified atom stereocenters. The first kappa shape index (κ1) is 11.7. The third kappa shape index (κ3) is 3.79. The summed E-state index contributed by atoms with van der Waals surface area (Å²) in [4.78, 5) is 10.8. The number of ether oxygens (including phenoxy) is 1. The number of hydrogen-bond acceptors (Lipinski definition) is 5. The molecule has 0 aliphatic heterocycles. The van der Waals surface area contributed by atoms with Gasteiger partial charge in [0.25, 0.3) is 5.91 Å². The normalized spacial score (nSPS) is 10.8. The molecule has 6 nitrogen and oxygen atoms in total. The molecule has 1 amide bonds. The van der Waals surface area contributed by atoms with E-state index in [0.29, 0.717) is 6.21 Å². The molecule has 6 heteroatoms. The van der Waals surface area contributed by atoms with E-state index in [4.69, 9.17) is 9.94 Å². The fourth-order valence-electron chi connectivity index (χ4n) is 0.942. The fraction of sp³-hybridized carbons (Fsp3) is 0.100. The molecule has 1 aromatic rings. The number of carbonyl (C=O) groups is 1. The number of amides is 1. The number of carbonyl (C=O) groups excluding carboxylic acids is 1. The van der Waals surface area contributed by atoms with E-state index in [1.807, 2.05) is 0 Å². The second-order valence-electron chi connectivity index (χ2n) is 2.75. The third-order valence-electron chi connectivity index (χ3n) is 1.68. The number of hydrogen-bond donors (Lipinski definition) is 2. The van der Waals surface area contributed by atoms with Crippen molar-refractivity contribution in [2.24, 2.45) is 10.3 Å². The molecule has 0 fully saturated rings. The van der Waals surface area contributed by atoms with Gasteiger partial charge in [0.1, 0.15) is 12.0 Å². The fourth-order valence-corrected chi connectivity index (χ4v) is 0.942. The van der Waals surface area contributed by atoms with Crippen molar-refractivity contribution in [3.05, 3.63) is 29.8 Å². The minimum absolute atomic E-state index is 0.604. The van der Waals surface area contributed by atoms with Gasteiger partial charge in [0.15, 0.2) is 0 Å². The summed E-state index contributed by atoms with van der Waals surface area (Å²) in [5, 5.41) is 14.3. The number of hydrazone groups is 1. The lowest BCUT2D eigenvalue weighted by Crippen LogP contribution is -2.18. The van der Waals surface area contributed by atoms with E-state index in [-0.39, 0.29) is 0 Å². The van der Waals surface area contributed by atoms with Gasteiger partial charge in [-0.1, -0.05) is 5.16 Å². The molecule has 1 aromatic carbocycles.